The zero-order valence-corrected chi connectivity index (χ0v) is 51.7. The van der Waals surface area contributed by atoms with Crippen molar-refractivity contribution in [3.63, 3.8) is 0 Å². The van der Waals surface area contributed by atoms with E-state index in [0.29, 0.717) is 8.19 Å². The van der Waals surface area contributed by atoms with Gasteiger partial charge in [0.15, 0.2) is 0 Å². The number of hydrogen-bond donors (Lipinski definition) is 0. The van der Waals surface area contributed by atoms with Crippen LogP contribution in [0.5, 0.6) is 0 Å². The Balaban J connectivity index is 0.873. The Morgan fingerprint density at radius 2 is 1.04 bits per heavy atom. The Labute approximate surface area is 531 Å². The molecule has 0 spiro atoms. The first-order chi connectivity index (χ1) is 45.0. The minimum atomic E-state index is 0.540. The lowest BCUT2D eigenvalue weighted by Crippen LogP contribution is -2.20. The SMILES string of the molecule is CC/C(=C\c1c(C)n(C2=Cc3c([pH]c4c3=CC(n3c5ccc(-c6ccccc6C6=NC=CC=CC6)cc5c5cc(-c6ccccc6-c6ccccn6)ccc53)=CCC=4)C=CC2)c2ccc(-c3ccccc3-c3ccccn3)cc12)c1ccccc1-c1ccccn1. The van der Waals surface area contributed by atoms with Gasteiger partial charge in [-0.25, -0.2) is 0 Å². The highest BCUT2D eigenvalue weighted by atomic mass is 31.0. The second-order valence-electron chi connectivity index (χ2n) is 23.5. The average Bonchev–Trinajstić information content (AvgIpc) is 1.63. The van der Waals surface area contributed by atoms with Crippen LogP contribution in [0.1, 0.15) is 65.9 Å². The molecule has 1 unspecified atom stereocenters. The van der Waals surface area contributed by atoms with Crippen molar-refractivity contribution in [2.75, 3.05) is 0 Å². The van der Waals surface area contributed by atoms with E-state index >= 15 is 0 Å². The van der Waals surface area contributed by atoms with E-state index in [1.54, 1.807) is 0 Å². The van der Waals surface area contributed by atoms with Crippen molar-refractivity contribution < 1.29 is 0 Å². The predicted molar refractivity (Wildman–Crippen MR) is 387 cm³/mol. The lowest BCUT2D eigenvalue weighted by molar-refractivity contribution is 1.04. The van der Waals surface area contributed by atoms with Crippen LogP contribution in [0.15, 0.2) is 266 Å². The molecule has 3 aliphatic rings. The van der Waals surface area contributed by atoms with Gasteiger partial charge < -0.3 is 9.13 Å². The number of aliphatic imine (C=N–C) groups is 1. The van der Waals surface area contributed by atoms with Crippen LogP contribution in [0.25, 0.3) is 147 Å². The van der Waals surface area contributed by atoms with Gasteiger partial charge in [0.25, 0.3) is 0 Å². The topological polar surface area (TPSA) is 60.9 Å². The van der Waals surface area contributed by atoms with Crippen molar-refractivity contribution >= 4 is 94.0 Å². The Bertz CT molecular complexity index is 5410. The van der Waals surface area contributed by atoms with E-state index < -0.39 is 0 Å². The monoisotopic (exact) mass is 1190 g/mol. The molecule has 2 aliphatic carbocycles. The fourth-order valence-corrected chi connectivity index (χ4v) is 15.4. The molecule has 13 aromatic rings. The maximum absolute atomic E-state index is 4.93. The number of pyridine rings is 3. The van der Waals surface area contributed by atoms with Gasteiger partial charge in [-0.1, -0.05) is 177 Å². The molecule has 7 heteroatoms. The lowest BCUT2D eigenvalue weighted by Gasteiger charge is -2.14. The molecular formula is C84H63N6P. The second kappa shape index (κ2) is 23.8. The highest BCUT2D eigenvalue weighted by Gasteiger charge is 2.24. The normalized spacial score (nSPS) is 13.9. The van der Waals surface area contributed by atoms with Gasteiger partial charge in [0.2, 0.25) is 0 Å². The second-order valence-corrected chi connectivity index (χ2v) is 24.8. The molecule has 0 bridgehead atoms. The maximum atomic E-state index is 4.93. The van der Waals surface area contributed by atoms with Gasteiger partial charge in [0, 0.05) is 98.7 Å². The van der Waals surface area contributed by atoms with Crippen LogP contribution < -0.4 is 10.2 Å². The summed E-state index contributed by atoms with van der Waals surface area (Å²) in [6.07, 6.45) is 34.2. The highest BCUT2D eigenvalue weighted by molar-refractivity contribution is 7.31. The summed E-state index contributed by atoms with van der Waals surface area (Å²) >= 11 is 0. The smallest absolute Gasteiger partial charge is 0.0708 e. The summed E-state index contributed by atoms with van der Waals surface area (Å²) in [5, 5.41) is 6.26. The standard InChI is InChI=1S/C84H63N6P/c1-3-56(62-25-6-10-29-66(62)77-34-14-18-46-86-77)49-70-55(2)89(80-42-39-57(50-71(70)80)63-26-7-12-31-68(63)78-35-15-19-47-87-78)60-23-21-37-83-74(53-60)75-54-61(24-22-38-84(75)91-83)90-81-43-40-58(64-27-8-11-30-67(64)76-33-5-4-17-45-85-76)51-72(81)73-52-59(41-44-82(73)90)65-28-9-13-32-69(65)79-36-16-20-48-88-79/h4-21,24-32,34-54,91H,3,22-23,33H2,1-2H3/b56-49+. The molecule has 1 atom stereocenters. The largest absolute Gasteiger partial charge is 0.317 e. The van der Waals surface area contributed by atoms with Gasteiger partial charge in [0.05, 0.1) is 39.3 Å². The van der Waals surface area contributed by atoms with E-state index in [-0.39, 0.29) is 0 Å². The summed E-state index contributed by atoms with van der Waals surface area (Å²) in [7, 11) is 0.540. The summed E-state index contributed by atoms with van der Waals surface area (Å²) in [5.41, 5.74) is 27.4. The van der Waals surface area contributed by atoms with E-state index in [1.165, 1.54) is 76.4 Å². The first kappa shape index (κ1) is 55.3. The number of nitrogens with zero attached hydrogens (tertiary/aromatic N) is 6. The molecule has 0 radical (unpaired) electrons. The number of aromatic nitrogens is 5. The molecular weight excluding hydrogens is 1120 g/mol. The molecule has 1 aliphatic heterocycles. The van der Waals surface area contributed by atoms with Gasteiger partial charge in [-0.3, -0.25) is 19.9 Å². The maximum Gasteiger partial charge on any atom is 0.0708 e. The van der Waals surface area contributed by atoms with E-state index in [1.807, 2.05) is 49.1 Å². The molecule has 91 heavy (non-hydrogen) atoms. The third-order valence-corrected chi connectivity index (χ3v) is 19.7. The molecule has 434 valence electrons. The first-order valence-electron chi connectivity index (χ1n) is 31.5. The molecule has 0 saturated heterocycles. The van der Waals surface area contributed by atoms with Crippen molar-refractivity contribution in [2.45, 2.75) is 39.5 Å². The van der Waals surface area contributed by atoms with Crippen LogP contribution in [0, 0.1) is 6.92 Å². The van der Waals surface area contributed by atoms with Gasteiger partial charge in [-0.2, -0.15) is 0 Å². The van der Waals surface area contributed by atoms with E-state index in [0.717, 1.165) is 115 Å². The van der Waals surface area contributed by atoms with Crippen molar-refractivity contribution in [3.05, 3.63) is 305 Å². The van der Waals surface area contributed by atoms with Gasteiger partial charge >= 0.3 is 0 Å². The number of allylic oxidation sites excluding steroid dienone is 8. The molecule has 6 nitrogen and oxygen atoms in total. The summed E-state index contributed by atoms with van der Waals surface area (Å²) in [4.78, 5) is 20.8. The number of hydrogen-bond acceptors (Lipinski definition) is 4. The molecule has 0 saturated carbocycles. The zero-order valence-electron chi connectivity index (χ0n) is 50.7. The summed E-state index contributed by atoms with van der Waals surface area (Å²) in [5.74, 6) is 0. The van der Waals surface area contributed by atoms with Crippen molar-refractivity contribution in [3.8, 4) is 67.2 Å². The van der Waals surface area contributed by atoms with Crippen LogP contribution in [0.3, 0.4) is 0 Å². The first-order valence-corrected chi connectivity index (χ1v) is 32.5. The fraction of sp³-hybridized carbons (Fsp3) is 0.0714. The number of fused-ring (bicyclic) bond motifs is 7. The van der Waals surface area contributed by atoms with E-state index in [2.05, 4.69) is 266 Å². The van der Waals surface area contributed by atoms with Gasteiger partial charge in [0.1, 0.15) is 0 Å². The summed E-state index contributed by atoms with van der Waals surface area (Å²) in [6.45, 7) is 4.59. The number of benzene rings is 7. The minimum absolute atomic E-state index is 0.540. The molecule has 6 aromatic heterocycles. The molecule has 0 amide bonds. The van der Waals surface area contributed by atoms with Crippen LogP contribution in [0.4, 0.5) is 0 Å². The van der Waals surface area contributed by atoms with Crippen molar-refractivity contribution in [1.29, 1.82) is 0 Å². The Morgan fingerprint density at radius 1 is 0.505 bits per heavy atom. The quantitative estimate of drug-likeness (QED) is 0.122. The average molecular weight is 1190 g/mol. The highest BCUT2D eigenvalue weighted by Crippen LogP contribution is 2.43. The zero-order chi connectivity index (χ0) is 60.8. The molecule has 16 rings (SSSR count). The molecule has 7 aromatic carbocycles. The summed E-state index contributed by atoms with van der Waals surface area (Å²) in [6, 6.07) is 74.5. The van der Waals surface area contributed by atoms with Gasteiger partial charge in [-0.15, -0.1) is 8.19 Å². The minimum Gasteiger partial charge on any atom is -0.317 e. The van der Waals surface area contributed by atoms with E-state index in [9.17, 15) is 0 Å². The van der Waals surface area contributed by atoms with Gasteiger partial charge in [-0.05, 0) is 182 Å². The third-order valence-electron chi connectivity index (χ3n) is 18.3. The van der Waals surface area contributed by atoms with Crippen LogP contribution in [-0.4, -0.2) is 29.8 Å². The number of rotatable bonds is 12. The molecule has 0 N–H and O–H groups in total. The summed E-state index contributed by atoms with van der Waals surface area (Å²) < 4.78 is 5.07. The Kier molecular flexibility index (Phi) is 14.5. The van der Waals surface area contributed by atoms with Crippen LogP contribution in [-0.2, 0) is 0 Å². The molecule has 0 fully saturated rings. The lowest BCUT2D eigenvalue weighted by atomic mass is 9.92. The fourth-order valence-electron chi connectivity index (χ4n) is 14.0. The Morgan fingerprint density at radius 3 is 1.65 bits per heavy atom. The van der Waals surface area contributed by atoms with Crippen LogP contribution in [0.2, 0.25) is 0 Å². The van der Waals surface area contributed by atoms with Crippen molar-refractivity contribution in [2.24, 2.45) is 4.99 Å². The van der Waals surface area contributed by atoms with Crippen molar-refractivity contribution in [1.82, 2.24) is 24.1 Å². The third kappa shape index (κ3) is 10.1. The van der Waals surface area contributed by atoms with E-state index in [4.69, 9.17) is 19.9 Å². The van der Waals surface area contributed by atoms with Crippen LogP contribution >= 0.6 is 8.19 Å². The predicted octanol–water partition coefficient (Wildman–Crippen LogP) is 20.4. The Hall–Kier alpha value is -11.0. The molecule has 7 heterocycles.